The zero-order valence-electron chi connectivity index (χ0n) is 11.5. The van der Waals surface area contributed by atoms with Gasteiger partial charge in [-0.3, -0.25) is 24.0 Å². The van der Waals surface area contributed by atoms with Gasteiger partial charge in [0.05, 0.1) is 10.7 Å². The lowest BCUT2D eigenvalue weighted by Gasteiger charge is -2.21. The minimum Gasteiger partial charge on any atom is -0.295 e. The lowest BCUT2D eigenvalue weighted by atomic mass is 10.1. The van der Waals surface area contributed by atoms with E-state index in [4.69, 9.17) is 0 Å². The summed E-state index contributed by atoms with van der Waals surface area (Å²) in [6.07, 6.45) is 5.67. The number of carbonyl (C=O) groups is 2. The molecule has 0 bridgehead atoms. The number of imidazole rings is 1. The van der Waals surface area contributed by atoms with Crippen LogP contribution >= 0.6 is 0 Å². The number of nitrogens with one attached hydrogen (secondary N) is 1. The van der Waals surface area contributed by atoms with Crippen molar-refractivity contribution in [3.8, 4) is 0 Å². The van der Waals surface area contributed by atoms with Crippen molar-refractivity contribution in [2.75, 3.05) is 0 Å². The number of nitrogens with zero attached hydrogens (tertiary/aromatic N) is 2. The summed E-state index contributed by atoms with van der Waals surface area (Å²) in [6, 6.07) is -0.649. The highest BCUT2D eigenvalue weighted by atomic mass is 16.2. The van der Waals surface area contributed by atoms with Gasteiger partial charge in [0.2, 0.25) is 11.8 Å². The first-order valence-corrected chi connectivity index (χ1v) is 6.41. The Morgan fingerprint density at radius 3 is 2.55 bits per heavy atom. The molecule has 1 aliphatic rings. The molecule has 1 saturated heterocycles. The maximum atomic E-state index is 12.4. The van der Waals surface area contributed by atoms with Gasteiger partial charge in [-0.1, -0.05) is 18.7 Å². The van der Waals surface area contributed by atoms with E-state index in [1.165, 1.54) is 9.13 Å². The number of aromatic nitrogens is 2. The van der Waals surface area contributed by atoms with Gasteiger partial charge < -0.3 is 0 Å². The molecule has 0 saturated carbocycles. The maximum Gasteiger partial charge on any atom is 0.329 e. The van der Waals surface area contributed by atoms with E-state index in [0.717, 1.165) is 0 Å². The molecule has 6 heteroatoms. The number of hydrogen-bond donors (Lipinski definition) is 1. The van der Waals surface area contributed by atoms with Crippen LogP contribution in [0.2, 0.25) is 0 Å². The van der Waals surface area contributed by atoms with Gasteiger partial charge in [0.25, 0.3) is 0 Å². The Labute approximate surface area is 115 Å². The van der Waals surface area contributed by atoms with Crippen LogP contribution in [0, 0.1) is 0 Å². The van der Waals surface area contributed by atoms with Crippen LogP contribution < -0.4 is 21.7 Å². The Morgan fingerprint density at radius 2 is 2.00 bits per heavy atom. The van der Waals surface area contributed by atoms with Gasteiger partial charge in [-0.25, -0.2) is 4.79 Å². The molecule has 2 rings (SSSR count). The van der Waals surface area contributed by atoms with Crippen LogP contribution in [-0.4, -0.2) is 20.9 Å². The quantitative estimate of drug-likeness (QED) is 0.699. The summed E-state index contributed by atoms with van der Waals surface area (Å²) in [6.45, 7) is 5.43. The Kier molecular flexibility index (Phi) is 3.74. The predicted molar refractivity (Wildman–Crippen MR) is 75.1 cm³/mol. The predicted octanol–water partition coefficient (Wildman–Crippen LogP) is -1.07. The molecule has 1 aromatic heterocycles. The Balaban J connectivity index is 2.71. The zero-order valence-corrected chi connectivity index (χ0v) is 11.5. The summed E-state index contributed by atoms with van der Waals surface area (Å²) in [5.41, 5.74) is -0.277. The second-order valence-electron chi connectivity index (χ2n) is 4.64. The van der Waals surface area contributed by atoms with Crippen molar-refractivity contribution >= 4 is 24.0 Å². The third-order valence-corrected chi connectivity index (χ3v) is 3.45. The molecule has 20 heavy (non-hydrogen) atoms. The number of allylic oxidation sites excluding steroid dienone is 1. The average molecular weight is 275 g/mol. The van der Waals surface area contributed by atoms with Gasteiger partial charge in [0.1, 0.15) is 6.04 Å². The number of rotatable bonds is 2. The molecule has 0 radical (unpaired) electrons. The zero-order chi connectivity index (χ0) is 14.9. The monoisotopic (exact) mass is 275 g/mol. The first kappa shape index (κ1) is 14.0. The minimum atomic E-state index is -0.649. The van der Waals surface area contributed by atoms with Gasteiger partial charge in [-0.2, -0.15) is 0 Å². The Bertz CT molecular complexity index is 752. The van der Waals surface area contributed by atoms with Crippen molar-refractivity contribution in [2.45, 2.75) is 25.8 Å². The van der Waals surface area contributed by atoms with Crippen LogP contribution in [0.4, 0.5) is 0 Å². The molecule has 106 valence electrons. The molecule has 2 amide bonds. The summed E-state index contributed by atoms with van der Waals surface area (Å²) in [5, 5.41) is 3.63. The highest BCUT2D eigenvalue weighted by Crippen LogP contribution is 2.14. The minimum absolute atomic E-state index is 0.238. The van der Waals surface area contributed by atoms with Gasteiger partial charge in [0, 0.05) is 13.5 Å². The van der Waals surface area contributed by atoms with Crippen molar-refractivity contribution in [3.63, 3.8) is 0 Å². The summed E-state index contributed by atoms with van der Waals surface area (Å²) in [5.74, 6) is -0.725. The van der Waals surface area contributed by atoms with Gasteiger partial charge >= 0.3 is 5.69 Å². The second kappa shape index (κ2) is 5.32. The van der Waals surface area contributed by atoms with E-state index in [9.17, 15) is 14.4 Å². The van der Waals surface area contributed by atoms with Crippen LogP contribution in [0.25, 0.3) is 12.2 Å². The molecule has 1 unspecified atom stereocenters. The summed E-state index contributed by atoms with van der Waals surface area (Å²) < 4.78 is 2.91. The van der Waals surface area contributed by atoms with Gasteiger partial charge in [-0.15, -0.1) is 0 Å². The fraction of sp³-hybridized carbons (Fsp3) is 0.357. The van der Waals surface area contributed by atoms with Crippen molar-refractivity contribution in [1.29, 1.82) is 0 Å². The molecule has 1 fully saturated rings. The number of hydrogen-bond acceptors (Lipinski definition) is 3. The number of piperidine rings is 1. The van der Waals surface area contributed by atoms with E-state index in [1.54, 1.807) is 32.2 Å². The first-order chi connectivity index (χ1) is 9.51. The third kappa shape index (κ3) is 2.13. The van der Waals surface area contributed by atoms with Crippen molar-refractivity contribution < 1.29 is 9.59 Å². The molecule has 0 aromatic carbocycles. The van der Waals surface area contributed by atoms with Crippen LogP contribution in [0.1, 0.15) is 25.8 Å². The van der Waals surface area contributed by atoms with Gasteiger partial charge in [0.15, 0.2) is 0 Å². The number of amides is 2. The Morgan fingerprint density at radius 1 is 1.30 bits per heavy atom. The molecule has 1 atom stereocenters. The largest absolute Gasteiger partial charge is 0.329 e. The molecule has 0 spiro atoms. The molecule has 0 aliphatic carbocycles. The Hall–Kier alpha value is -2.37. The summed E-state index contributed by atoms with van der Waals surface area (Å²) in [4.78, 5) is 35.5. The molecule has 6 nitrogen and oxygen atoms in total. The van der Waals surface area contributed by atoms with Crippen molar-refractivity contribution in [2.24, 2.45) is 7.05 Å². The number of imide groups is 1. The van der Waals surface area contributed by atoms with Gasteiger partial charge in [-0.05, 0) is 19.4 Å². The van der Waals surface area contributed by atoms with E-state index in [1.807, 2.05) is 0 Å². The molecular formula is C14H17N3O3. The number of carbonyl (C=O) groups excluding carboxylic acids is 2. The molecule has 1 N–H and O–H groups in total. The van der Waals surface area contributed by atoms with E-state index in [-0.39, 0.29) is 18.0 Å². The van der Waals surface area contributed by atoms with E-state index in [0.29, 0.717) is 17.1 Å². The van der Waals surface area contributed by atoms with E-state index < -0.39 is 11.9 Å². The molecule has 1 aromatic rings. The topological polar surface area (TPSA) is 73.1 Å². The summed E-state index contributed by atoms with van der Waals surface area (Å²) in [7, 11) is 1.65. The maximum absolute atomic E-state index is 12.4. The lowest BCUT2D eigenvalue weighted by Crippen LogP contribution is -2.47. The third-order valence-electron chi connectivity index (χ3n) is 3.45. The highest BCUT2D eigenvalue weighted by Gasteiger charge is 2.30. The van der Waals surface area contributed by atoms with Crippen LogP contribution in [0.15, 0.2) is 17.4 Å². The average Bonchev–Trinajstić information content (AvgIpc) is 2.64. The molecule has 2 heterocycles. The second-order valence-corrected chi connectivity index (χ2v) is 4.64. The van der Waals surface area contributed by atoms with Crippen LogP contribution in [0.3, 0.4) is 0 Å². The normalized spacial score (nSPS) is 21.2. The summed E-state index contributed by atoms with van der Waals surface area (Å²) >= 11 is 0. The fourth-order valence-electron chi connectivity index (χ4n) is 2.49. The SMILES string of the molecule is C=C/C=c1\c(=C/C)n(C2CCC(=O)NC2=O)c(=O)n1C. The highest BCUT2D eigenvalue weighted by molar-refractivity contribution is 5.99. The van der Waals surface area contributed by atoms with Crippen molar-refractivity contribution in [1.82, 2.24) is 14.5 Å². The van der Waals surface area contributed by atoms with Crippen molar-refractivity contribution in [3.05, 3.63) is 33.8 Å². The first-order valence-electron chi connectivity index (χ1n) is 6.41. The van der Waals surface area contributed by atoms with Crippen LogP contribution in [-0.2, 0) is 16.6 Å². The lowest BCUT2D eigenvalue weighted by molar-refractivity contribution is -0.135. The molecular weight excluding hydrogens is 258 g/mol. The fourth-order valence-corrected chi connectivity index (χ4v) is 2.49. The van der Waals surface area contributed by atoms with E-state index in [2.05, 4.69) is 11.9 Å². The molecule has 1 aliphatic heterocycles. The van der Waals surface area contributed by atoms with E-state index >= 15 is 0 Å². The smallest absolute Gasteiger partial charge is 0.295 e. The van der Waals surface area contributed by atoms with Crippen LogP contribution in [0.5, 0.6) is 0 Å². The standard InChI is InChI=1S/C14H17N3O3/c1-4-6-10-9(5-2)17(14(20)16(10)3)11-7-8-12(18)15-13(11)19/h4-6,11H,1,7-8H2,2-3H3,(H,15,18,19)/b9-5+,10-6+.